The first-order valence-electron chi connectivity index (χ1n) is 10.3. The Morgan fingerprint density at radius 3 is 1.90 bits per heavy atom. The van der Waals surface area contributed by atoms with E-state index in [2.05, 4.69) is 57.2 Å². The van der Waals surface area contributed by atoms with Crippen LogP contribution in [0, 0.1) is 10.8 Å². The Bertz CT molecular complexity index is 915. The maximum Gasteiger partial charge on any atom is 0.168 e. The van der Waals surface area contributed by atoms with Gasteiger partial charge in [-0.15, -0.1) is 12.4 Å². The van der Waals surface area contributed by atoms with Crippen LogP contribution in [0.3, 0.4) is 0 Å². The summed E-state index contributed by atoms with van der Waals surface area (Å²) in [5.74, 6) is 0.731. The van der Waals surface area contributed by atoms with Crippen LogP contribution >= 0.6 is 24.2 Å². The summed E-state index contributed by atoms with van der Waals surface area (Å²) in [4.78, 5) is 5.23. The summed E-state index contributed by atoms with van der Waals surface area (Å²) in [5.41, 5.74) is 8.50. The van der Waals surface area contributed by atoms with Gasteiger partial charge in [0.05, 0.1) is 10.6 Å². The maximum atomic E-state index is 8.69. The van der Waals surface area contributed by atoms with E-state index in [1.807, 2.05) is 0 Å². The third-order valence-corrected chi connectivity index (χ3v) is 6.38. The molecule has 0 amide bonds. The van der Waals surface area contributed by atoms with Crippen molar-refractivity contribution < 1.29 is 0 Å². The largest absolute Gasteiger partial charge is 0.362 e. The molecule has 29 heavy (non-hydrogen) atoms. The number of halogens is 1. The highest BCUT2D eigenvalue weighted by molar-refractivity contribution is 8.18. The van der Waals surface area contributed by atoms with Crippen molar-refractivity contribution in [1.82, 2.24) is 10.6 Å². The number of aliphatic imine (C=N–C) groups is 1. The zero-order valence-electron chi connectivity index (χ0n) is 18.2. The van der Waals surface area contributed by atoms with Crippen LogP contribution in [0.5, 0.6) is 0 Å². The number of thioether (sulfide) groups is 1. The predicted molar refractivity (Wildman–Crippen MR) is 129 cm³/mol. The van der Waals surface area contributed by atoms with Gasteiger partial charge in [-0.3, -0.25) is 10.8 Å². The van der Waals surface area contributed by atoms with Gasteiger partial charge >= 0.3 is 0 Å². The van der Waals surface area contributed by atoms with Crippen molar-refractivity contribution in [2.24, 2.45) is 4.99 Å². The number of hydrogen-bond acceptors (Lipinski definition) is 4. The number of nitrogens with one attached hydrogen (secondary N) is 4. The molecule has 0 fully saturated rings. The van der Waals surface area contributed by atoms with Crippen LogP contribution in [0.2, 0.25) is 0 Å². The first-order valence-corrected chi connectivity index (χ1v) is 11.1. The van der Waals surface area contributed by atoms with E-state index in [9.17, 15) is 0 Å². The standard InChI is InChI=1S/C22H31N5S.ClH/c1-7-12-13(8-2)15(10-4)17-16(14(12)9-3)18(26-20(17)23)19-21(24)27-22(28-19)25-11(5)6;/h11H,7-10H2,1-6H3,(H2,23,26)(H2,24,25,27);1H. The van der Waals surface area contributed by atoms with E-state index < -0.39 is 0 Å². The molecule has 0 atom stereocenters. The Labute approximate surface area is 184 Å². The molecule has 0 bridgehead atoms. The number of hydrogen-bond donors (Lipinski definition) is 4. The second-order valence-electron chi connectivity index (χ2n) is 7.45. The van der Waals surface area contributed by atoms with E-state index in [0.29, 0.717) is 5.84 Å². The van der Waals surface area contributed by atoms with E-state index in [4.69, 9.17) is 10.8 Å². The molecule has 0 aliphatic carbocycles. The number of nitrogens with zero attached hydrogens (tertiary/aromatic N) is 1. The molecule has 3 rings (SSSR count). The van der Waals surface area contributed by atoms with Gasteiger partial charge in [-0.2, -0.15) is 0 Å². The number of rotatable bonds is 5. The smallest absolute Gasteiger partial charge is 0.168 e. The molecule has 2 heterocycles. The maximum absolute atomic E-state index is 8.69. The van der Waals surface area contributed by atoms with Gasteiger partial charge in [0.25, 0.3) is 0 Å². The van der Waals surface area contributed by atoms with Gasteiger partial charge in [-0.1, -0.05) is 27.7 Å². The Balaban J connectivity index is 0.00000300. The van der Waals surface area contributed by atoms with Gasteiger partial charge in [0.1, 0.15) is 5.84 Å². The van der Waals surface area contributed by atoms with E-state index in [0.717, 1.165) is 52.6 Å². The van der Waals surface area contributed by atoms with Gasteiger partial charge in [0.2, 0.25) is 0 Å². The summed E-state index contributed by atoms with van der Waals surface area (Å²) >= 11 is 1.50. The predicted octanol–water partition coefficient (Wildman–Crippen LogP) is 5.03. The van der Waals surface area contributed by atoms with E-state index >= 15 is 0 Å². The molecule has 1 aromatic carbocycles. The molecule has 2 aliphatic heterocycles. The first kappa shape index (κ1) is 23.5. The summed E-state index contributed by atoms with van der Waals surface area (Å²) < 4.78 is 0. The molecule has 0 aromatic heterocycles. The second kappa shape index (κ2) is 9.35. The SMILES string of the molecule is CCc1c(CC)c(CC)c2c(c1CC)C(=N)NC2=C1SC(NC(C)C)=NC1=N.Cl. The molecule has 0 radical (unpaired) electrons. The van der Waals surface area contributed by atoms with Crippen LogP contribution in [0.1, 0.15) is 74.9 Å². The van der Waals surface area contributed by atoms with Crippen molar-refractivity contribution >= 4 is 46.7 Å². The van der Waals surface area contributed by atoms with Gasteiger partial charge in [0, 0.05) is 17.2 Å². The zero-order valence-corrected chi connectivity index (χ0v) is 19.8. The summed E-state index contributed by atoms with van der Waals surface area (Å²) in [6, 6.07) is 0.266. The zero-order chi connectivity index (χ0) is 20.6. The fraction of sp³-hybridized carbons (Fsp3) is 0.500. The van der Waals surface area contributed by atoms with Gasteiger partial charge in [-0.05, 0) is 73.5 Å². The first-order chi connectivity index (χ1) is 13.4. The number of benzene rings is 1. The molecule has 158 valence electrons. The molecule has 2 aliphatic rings. The van der Waals surface area contributed by atoms with Crippen molar-refractivity contribution in [3.8, 4) is 0 Å². The van der Waals surface area contributed by atoms with Crippen LogP contribution in [0.4, 0.5) is 0 Å². The Kier molecular flexibility index (Phi) is 7.57. The lowest BCUT2D eigenvalue weighted by molar-refractivity contribution is 0.741. The molecule has 0 saturated carbocycles. The van der Waals surface area contributed by atoms with Crippen LogP contribution in [0.15, 0.2) is 9.90 Å². The van der Waals surface area contributed by atoms with Crippen molar-refractivity contribution in [2.45, 2.75) is 73.3 Å². The van der Waals surface area contributed by atoms with Gasteiger partial charge in [0.15, 0.2) is 11.0 Å². The van der Waals surface area contributed by atoms with E-state index in [1.165, 1.54) is 34.0 Å². The average Bonchev–Trinajstić information content (AvgIpc) is 3.18. The number of amidine groups is 3. The molecule has 0 saturated heterocycles. The molecule has 4 N–H and O–H groups in total. The molecule has 1 aromatic rings. The molecule has 0 unspecified atom stereocenters. The van der Waals surface area contributed by atoms with Crippen molar-refractivity contribution in [3.63, 3.8) is 0 Å². The van der Waals surface area contributed by atoms with Crippen molar-refractivity contribution in [1.29, 1.82) is 10.8 Å². The van der Waals surface area contributed by atoms with Crippen molar-refractivity contribution in [3.05, 3.63) is 38.3 Å². The minimum absolute atomic E-state index is 0. The second-order valence-corrected chi connectivity index (χ2v) is 8.45. The van der Waals surface area contributed by atoms with E-state index in [1.54, 1.807) is 0 Å². The lowest BCUT2D eigenvalue weighted by atomic mass is 9.82. The minimum Gasteiger partial charge on any atom is -0.362 e. The van der Waals surface area contributed by atoms with Gasteiger partial charge in [-0.25, -0.2) is 4.99 Å². The highest BCUT2D eigenvalue weighted by atomic mass is 35.5. The molecule has 5 nitrogen and oxygen atoms in total. The van der Waals surface area contributed by atoms with Crippen LogP contribution in [-0.4, -0.2) is 22.9 Å². The topological polar surface area (TPSA) is 84.1 Å². The third kappa shape index (κ3) is 3.97. The summed E-state index contributed by atoms with van der Waals surface area (Å²) in [7, 11) is 0. The lowest BCUT2D eigenvalue weighted by Gasteiger charge is -2.21. The minimum atomic E-state index is 0. The average molecular weight is 434 g/mol. The highest BCUT2D eigenvalue weighted by Gasteiger charge is 2.35. The summed E-state index contributed by atoms with van der Waals surface area (Å²) in [5, 5.41) is 24.5. The van der Waals surface area contributed by atoms with Crippen LogP contribution in [0.25, 0.3) is 5.70 Å². The molecular formula is C22H32ClN5S. The van der Waals surface area contributed by atoms with Crippen LogP contribution in [-0.2, 0) is 25.7 Å². The fourth-order valence-electron chi connectivity index (χ4n) is 4.37. The molecule has 7 heteroatoms. The Morgan fingerprint density at radius 2 is 1.41 bits per heavy atom. The Hall–Kier alpha value is -1.79. The quantitative estimate of drug-likeness (QED) is 0.525. The highest BCUT2D eigenvalue weighted by Crippen LogP contribution is 2.42. The monoisotopic (exact) mass is 433 g/mol. The summed E-state index contributed by atoms with van der Waals surface area (Å²) in [6.45, 7) is 12.9. The fourth-order valence-corrected chi connectivity index (χ4v) is 5.39. The Morgan fingerprint density at radius 1 is 0.897 bits per heavy atom. The van der Waals surface area contributed by atoms with Crippen molar-refractivity contribution in [2.75, 3.05) is 0 Å². The summed E-state index contributed by atoms with van der Waals surface area (Å²) in [6.07, 6.45) is 3.81. The van der Waals surface area contributed by atoms with E-state index in [-0.39, 0.29) is 24.3 Å². The molecule has 0 spiro atoms. The van der Waals surface area contributed by atoms with Gasteiger partial charge < -0.3 is 10.6 Å². The lowest BCUT2D eigenvalue weighted by Crippen LogP contribution is -2.26. The normalized spacial score (nSPS) is 18.0. The third-order valence-electron chi connectivity index (χ3n) is 5.38. The van der Waals surface area contributed by atoms with Crippen LogP contribution < -0.4 is 10.6 Å². The number of fused-ring (bicyclic) bond motifs is 1. The molecular weight excluding hydrogens is 402 g/mol.